The first-order valence-corrected chi connectivity index (χ1v) is 7.73. The largest absolute Gasteiger partial charge is 0.339 e. The minimum atomic E-state index is -2.47. The fourth-order valence-corrected chi connectivity index (χ4v) is 2.72. The van der Waals surface area contributed by atoms with Crippen molar-refractivity contribution in [2.75, 3.05) is 5.32 Å². The predicted molar refractivity (Wildman–Crippen MR) is 80.6 cm³/mol. The molecule has 0 atom stereocenters. The molecule has 1 aromatic heterocycles. The van der Waals surface area contributed by atoms with Crippen LogP contribution in [0.5, 0.6) is 0 Å². The number of rotatable bonds is 5. The third-order valence-corrected chi connectivity index (χ3v) is 4.00. The first-order chi connectivity index (χ1) is 10.1. The van der Waals surface area contributed by atoms with Crippen molar-refractivity contribution in [2.24, 2.45) is 0 Å². The molecular weight excluding hydrogens is 316 g/mol. The zero-order chi connectivity index (χ0) is 14.8. The highest BCUT2D eigenvalue weighted by Gasteiger charge is 2.27. The number of para-hydroxylation sites is 1. The summed E-state index contributed by atoms with van der Waals surface area (Å²) in [5, 5.41) is 3.41. The van der Waals surface area contributed by atoms with Crippen LogP contribution in [0.3, 0.4) is 0 Å². The molecule has 1 heterocycles. The van der Waals surface area contributed by atoms with Crippen LogP contribution in [0, 0.1) is 0 Å². The summed E-state index contributed by atoms with van der Waals surface area (Å²) in [6.45, 7) is 0. The Kier molecular flexibility index (Phi) is 4.26. The average Bonchev–Trinajstić information content (AvgIpc) is 3.24. The molecule has 3 rings (SSSR count). The molecule has 0 spiro atoms. The van der Waals surface area contributed by atoms with E-state index in [1.54, 1.807) is 30.3 Å². The quantitative estimate of drug-likeness (QED) is 0.615. The SMILES string of the molecule is FC(F)Sc1ccccc1Nc1cc(Cl)nc(C2CC2)n1. The van der Waals surface area contributed by atoms with E-state index in [9.17, 15) is 8.78 Å². The maximum Gasteiger partial charge on any atom is 0.288 e. The van der Waals surface area contributed by atoms with Crippen LogP contribution in [-0.2, 0) is 0 Å². The number of benzene rings is 1. The summed E-state index contributed by atoms with van der Waals surface area (Å²) >= 11 is 6.49. The summed E-state index contributed by atoms with van der Waals surface area (Å²) in [6.07, 6.45) is 2.13. The number of hydrogen-bond acceptors (Lipinski definition) is 4. The van der Waals surface area contributed by atoms with Crippen molar-refractivity contribution in [3.8, 4) is 0 Å². The Bertz CT molecular complexity index is 650. The number of anilines is 2. The van der Waals surface area contributed by atoms with Crippen molar-refractivity contribution in [3.05, 3.63) is 41.3 Å². The van der Waals surface area contributed by atoms with Gasteiger partial charge in [0.15, 0.2) is 0 Å². The second kappa shape index (κ2) is 6.15. The van der Waals surface area contributed by atoms with E-state index < -0.39 is 5.76 Å². The molecule has 1 aliphatic carbocycles. The highest BCUT2D eigenvalue weighted by molar-refractivity contribution is 7.99. The van der Waals surface area contributed by atoms with Gasteiger partial charge >= 0.3 is 0 Å². The first-order valence-electron chi connectivity index (χ1n) is 6.47. The Morgan fingerprint density at radius 2 is 2.00 bits per heavy atom. The molecule has 110 valence electrons. The van der Waals surface area contributed by atoms with Crippen LogP contribution in [0.25, 0.3) is 0 Å². The van der Waals surface area contributed by atoms with Gasteiger partial charge < -0.3 is 5.32 Å². The molecule has 0 bridgehead atoms. The van der Waals surface area contributed by atoms with E-state index in [0.29, 0.717) is 45.1 Å². The number of hydrogen-bond donors (Lipinski definition) is 1. The van der Waals surface area contributed by atoms with E-state index >= 15 is 0 Å². The maximum absolute atomic E-state index is 12.6. The second-order valence-corrected chi connectivity index (χ2v) is 6.13. The Hall–Kier alpha value is -1.40. The minimum absolute atomic E-state index is 0.355. The molecule has 1 aliphatic rings. The zero-order valence-corrected chi connectivity index (χ0v) is 12.5. The smallest absolute Gasteiger partial charge is 0.288 e. The first kappa shape index (κ1) is 14.5. The monoisotopic (exact) mass is 327 g/mol. The zero-order valence-electron chi connectivity index (χ0n) is 10.9. The molecule has 0 amide bonds. The number of aromatic nitrogens is 2. The number of thioether (sulfide) groups is 1. The topological polar surface area (TPSA) is 37.8 Å². The molecule has 0 aliphatic heterocycles. The highest BCUT2D eigenvalue weighted by atomic mass is 35.5. The van der Waals surface area contributed by atoms with Crippen molar-refractivity contribution in [1.29, 1.82) is 0 Å². The lowest BCUT2D eigenvalue weighted by atomic mass is 10.3. The van der Waals surface area contributed by atoms with Gasteiger partial charge in [0.2, 0.25) is 0 Å². The van der Waals surface area contributed by atoms with Crippen LogP contribution in [0.1, 0.15) is 24.6 Å². The molecule has 1 fully saturated rings. The summed E-state index contributed by atoms with van der Waals surface area (Å²) in [6, 6.07) is 8.47. The van der Waals surface area contributed by atoms with E-state index in [0.717, 1.165) is 12.8 Å². The minimum Gasteiger partial charge on any atom is -0.339 e. The number of alkyl halides is 2. The molecule has 1 saturated carbocycles. The van der Waals surface area contributed by atoms with Crippen molar-refractivity contribution < 1.29 is 8.78 Å². The van der Waals surface area contributed by atoms with Crippen molar-refractivity contribution in [2.45, 2.75) is 29.4 Å². The van der Waals surface area contributed by atoms with E-state index in [2.05, 4.69) is 15.3 Å². The van der Waals surface area contributed by atoms with Gasteiger partial charge in [-0.2, -0.15) is 8.78 Å². The third kappa shape index (κ3) is 3.83. The molecule has 0 radical (unpaired) electrons. The van der Waals surface area contributed by atoms with Crippen molar-refractivity contribution in [3.63, 3.8) is 0 Å². The Morgan fingerprint density at radius 1 is 1.24 bits per heavy atom. The van der Waals surface area contributed by atoms with Crippen LogP contribution in [-0.4, -0.2) is 15.7 Å². The fraction of sp³-hybridized carbons (Fsp3) is 0.286. The van der Waals surface area contributed by atoms with E-state index in [1.807, 2.05) is 0 Å². The molecule has 21 heavy (non-hydrogen) atoms. The van der Waals surface area contributed by atoms with Crippen LogP contribution in [0.2, 0.25) is 5.15 Å². The summed E-state index contributed by atoms with van der Waals surface area (Å²) in [4.78, 5) is 9.07. The van der Waals surface area contributed by atoms with Crippen LogP contribution in [0.4, 0.5) is 20.3 Å². The standard InChI is InChI=1S/C14H12ClF2N3S/c15-11-7-12(20-13(19-11)8-5-6-8)18-9-3-1-2-4-10(9)21-14(16)17/h1-4,7-8,14H,5-6H2,(H,18,19,20). The fourth-order valence-electron chi connectivity index (χ4n) is 1.93. The lowest BCUT2D eigenvalue weighted by Crippen LogP contribution is -2.00. The van der Waals surface area contributed by atoms with Gasteiger partial charge in [-0.25, -0.2) is 9.97 Å². The van der Waals surface area contributed by atoms with E-state index in [4.69, 9.17) is 11.6 Å². The summed E-state index contributed by atoms with van der Waals surface area (Å²) in [5.41, 5.74) is 0.583. The van der Waals surface area contributed by atoms with Crippen molar-refractivity contribution in [1.82, 2.24) is 9.97 Å². The molecule has 1 aromatic carbocycles. The van der Waals surface area contributed by atoms with Gasteiger partial charge in [0.05, 0.1) is 5.69 Å². The molecule has 1 N–H and O–H groups in total. The third-order valence-electron chi connectivity index (χ3n) is 3.02. The van der Waals surface area contributed by atoms with E-state index in [-0.39, 0.29) is 0 Å². The maximum atomic E-state index is 12.6. The Labute approximate surface area is 130 Å². The van der Waals surface area contributed by atoms with Gasteiger partial charge in [0.1, 0.15) is 16.8 Å². The second-order valence-electron chi connectivity index (χ2n) is 4.71. The van der Waals surface area contributed by atoms with Crippen LogP contribution >= 0.6 is 23.4 Å². The number of nitrogens with one attached hydrogen (secondary N) is 1. The normalized spacial score (nSPS) is 14.5. The van der Waals surface area contributed by atoms with Gasteiger partial charge in [0.25, 0.3) is 5.76 Å². The lowest BCUT2D eigenvalue weighted by Gasteiger charge is -2.11. The molecule has 0 unspecified atom stereocenters. The van der Waals surface area contributed by atoms with Crippen LogP contribution in [0.15, 0.2) is 35.2 Å². The van der Waals surface area contributed by atoms with Crippen molar-refractivity contribution >= 4 is 34.9 Å². The summed E-state index contributed by atoms with van der Waals surface area (Å²) in [7, 11) is 0. The molecular formula is C14H12ClF2N3S. The summed E-state index contributed by atoms with van der Waals surface area (Å²) in [5.74, 6) is -0.859. The lowest BCUT2D eigenvalue weighted by molar-refractivity contribution is 0.252. The summed E-state index contributed by atoms with van der Waals surface area (Å²) < 4.78 is 25.1. The molecule has 7 heteroatoms. The van der Waals surface area contributed by atoms with Gasteiger partial charge in [-0.1, -0.05) is 35.5 Å². The van der Waals surface area contributed by atoms with E-state index in [1.165, 1.54) is 0 Å². The van der Waals surface area contributed by atoms with Gasteiger partial charge in [0, 0.05) is 16.9 Å². The Morgan fingerprint density at radius 3 is 2.71 bits per heavy atom. The average molecular weight is 328 g/mol. The molecule has 0 saturated heterocycles. The number of halogens is 3. The van der Waals surface area contributed by atoms with Crippen LogP contribution < -0.4 is 5.32 Å². The number of nitrogens with zero attached hydrogens (tertiary/aromatic N) is 2. The molecule has 2 aromatic rings. The van der Waals surface area contributed by atoms with Gasteiger partial charge in [-0.3, -0.25) is 0 Å². The Balaban J connectivity index is 1.86. The highest BCUT2D eigenvalue weighted by Crippen LogP contribution is 2.39. The molecule has 3 nitrogen and oxygen atoms in total. The predicted octanol–water partition coefficient (Wildman–Crippen LogP) is 5.07. The van der Waals surface area contributed by atoms with Gasteiger partial charge in [-0.05, 0) is 25.0 Å². The van der Waals surface area contributed by atoms with Gasteiger partial charge in [-0.15, -0.1) is 0 Å².